The molecule has 1 aromatic heterocycles. The minimum atomic E-state index is -3.87. The van der Waals surface area contributed by atoms with Crippen LogP contribution in [0.3, 0.4) is 0 Å². The molecule has 10 heteroatoms. The molecule has 21 heavy (non-hydrogen) atoms. The minimum absolute atomic E-state index is 0.00883. The van der Waals surface area contributed by atoms with Gasteiger partial charge in [0.15, 0.2) is 5.13 Å². The summed E-state index contributed by atoms with van der Waals surface area (Å²) in [4.78, 5) is 14.6. The van der Waals surface area contributed by atoms with Crippen molar-refractivity contribution in [3.8, 4) is 5.75 Å². The Morgan fingerprint density at radius 3 is 2.71 bits per heavy atom. The maximum atomic E-state index is 12.2. The van der Waals surface area contributed by atoms with Crippen LogP contribution in [0.15, 0.2) is 28.5 Å². The molecule has 0 unspecified atom stereocenters. The summed E-state index contributed by atoms with van der Waals surface area (Å²) in [7, 11) is -2.44. The number of nitrogens with one attached hydrogen (secondary N) is 1. The lowest BCUT2D eigenvalue weighted by Gasteiger charge is -2.07. The molecular formula is C11H10ClN3O4S2. The van der Waals surface area contributed by atoms with Gasteiger partial charge in [0.25, 0.3) is 15.9 Å². The first kappa shape index (κ1) is 15.5. The highest BCUT2D eigenvalue weighted by Gasteiger charge is 2.18. The van der Waals surface area contributed by atoms with Crippen LogP contribution >= 0.6 is 22.9 Å². The third-order valence-corrected chi connectivity index (χ3v) is 4.93. The molecule has 0 saturated heterocycles. The molecule has 2 rings (SSSR count). The first-order valence-electron chi connectivity index (χ1n) is 5.45. The number of aromatic nitrogens is 1. The fourth-order valence-corrected chi connectivity index (χ4v) is 3.72. The highest BCUT2D eigenvalue weighted by atomic mass is 35.5. The molecule has 0 aliphatic rings. The van der Waals surface area contributed by atoms with Crippen LogP contribution in [0.5, 0.6) is 5.75 Å². The number of nitrogens with zero attached hydrogens (tertiary/aromatic N) is 1. The predicted octanol–water partition coefficient (Wildman–Crippen LogP) is 1.70. The molecule has 0 spiro atoms. The number of carbonyl (C=O) groups is 1. The molecule has 1 heterocycles. The van der Waals surface area contributed by atoms with Gasteiger partial charge in [0.1, 0.15) is 11.4 Å². The van der Waals surface area contributed by atoms with E-state index in [1.807, 2.05) is 0 Å². The molecule has 1 aromatic carbocycles. The third kappa shape index (κ3) is 3.43. The van der Waals surface area contributed by atoms with Crippen molar-refractivity contribution in [2.24, 2.45) is 5.73 Å². The molecular weight excluding hydrogens is 338 g/mol. The zero-order valence-electron chi connectivity index (χ0n) is 10.7. The quantitative estimate of drug-likeness (QED) is 0.855. The largest absolute Gasteiger partial charge is 0.495 e. The van der Waals surface area contributed by atoms with Crippen LogP contribution in [0.1, 0.15) is 10.5 Å². The van der Waals surface area contributed by atoms with Crippen molar-refractivity contribution in [2.75, 3.05) is 11.8 Å². The lowest BCUT2D eigenvalue weighted by molar-refractivity contribution is 0.0996. The second-order valence-electron chi connectivity index (χ2n) is 3.80. The Balaban J connectivity index is 2.29. The number of thiazole rings is 1. The molecule has 3 N–H and O–H groups in total. The Morgan fingerprint density at radius 1 is 1.48 bits per heavy atom. The summed E-state index contributed by atoms with van der Waals surface area (Å²) in [6, 6.07) is 4.04. The summed E-state index contributed by atoms with van der Waals surface area (Å²) in [6.07, 6.45) is 0. The van der Waals surface area contributed by atoms with Gasteiger partial charge >= 0.3 is 0 Å². The van der Waals surface area contributed by atoms with Gasteiger partial charge in [0.2, 0.25) is 0 Å². The van der Waals surface area contributed by atoms with Crippen molar-refractivity contribution < 1.29 is 17.9 Å². The van der Waals surface area contributed by atoms with Crippen LogP contribution in [0.2, 0.25) is 5.02 Å². The summed E-state index contributed by atoms with van der Waals surface area (Å²) >= 11 is 6.84. The van der Waals surface area contributed by atoms with Gasteiger partial charge < -0.3 is 10.5 Å². The smallest absolute Gasteiger partial charge is 0.268 e. The van der Waals surface area contributed by atoms with E-state index >= 15 is 0 Å². The first-order valence-corrected chi connectivity index (χ1v) is 8.19. The lowest BCUT2D eigenvalue weighted by atomic mass is 10.3. The van der Waals surface area contributed by atoms with Crippen LogP contribution < -0.4 is 15.2 Å². The Morgan fingerprint density at radius 2 is 2.19 bits per heavy atom. The summed E-state index contributed by atoms with van der Waals surface area (Å²) in [6.45, 7) is 0. The number of methoxy groups -OCH3 is 1. The average molecular weight is 348 g/mol. The van der Waals surface area contributed by atoms with E-state index in [4.69, 9.17) is 22.1 Å². The van der Waals surface area contributed by atoms with Crippen LogP contribution in [0.4, 0.5) is 5.13 Å². The van der Waals surface area contributed by atoms with Crippen molar-refractivity contribution in [3.05, 3.63) is 34.3 Å². The molecule has 7 nitrogen and oxygen atoms in total. The fourth-order valence-electron chi connectivity index (χ4n) is 1.42. The zero-order valence-corrected chi connectivity index (χ0v) is 13.1. The molecule has 0 aliphatic heterocycles. The average Bonchev–Trinajstić information content (AvgIpc) is 2.86. The van der Waals surface area contributed by atoms with E-state index in [2.05, 4.69) is 9.71 Å². The number of nitrogens with two attached hydrogens (primary N) is 1. The van der Waals surface area contributed by atoms with E-state index in [0.29, 0.717) is 5.75 Å². The lowest BCUT2D eigenvalue weighted by Crippen LogP contribution is -2.14. The highest BCUT2D eigenvalue weighted by Crippen LogP contribution is 2.28. The summed E-state index contributed by atoms with van der Waals surface area (Å²) < 4.78 is 31.5. The van der Waals surface area contributed by atoms with Gasteiger partial charge in [-0.2, -0.15) is 0 Å². The Kier molecular flexibility index (Phi) is 4.35. The van der Waals surface area contributed by atoms with Crippen LogP contribution in [-0.4, -0.2) is 26.4 Å². The molecule has 0 atom stereocenters. The zero-order chi connectivity index (χ0) is 15.6. The summed E-state index contributed by atoms with van der Waals surface area (Å²) in [5.41, 5.74) is 5.04. The van der Waals surface area contributed by atoms with E-state index in [9.17, 15) is 13.2 Å². The van der Waals surface area contributed by atoms with E-state index in [1.165, 1.54) is 30.7 Å². The van der Waals surface area contributed by atoms with E-state index in [1.54, 1.807) is 0 Å². The van der Waals surface area contributed by atoms with Crippen LogP contribution in [-0.2, 0) is 10.0 Å². The Bertz CT molecular complexity index is 789. The monoisotopic (exact) mass is 347 g/mol. The SMILES string of the molecule is COc1ccc(S(=O)(=O)Nc2nc(C(N)=O)cs2)cc1Cl. The molecule has 0 aliphatic carbocycles. The molecule has 0 fully saturated rings. The van der Waals surface area contributed by atoms with Crippen molar-refractivity contribution in [1.82, 2.24) is 4.98 Å². The van der Waals surface area contributed by atoms with Crippen LogP contribution in [0, 0.1) is 0 Å². The van der Waals surface area contributed by atoms with Gasteiger partial charge in [-0.05, 0) is 18.2 Å². The maximum absolute atomic E-state index is 12.2. The van der Waals surface area contributed by atoms with Gasteiger partial charge in [-0.25, -0.2) is 13.4 Å². The normalized spacial score (nSPS) is 11.1. The number of rotatable bonds is 5. The minimum Gasteiger partial charge on any atom is -0.495 e. The number of anilines is 1. The number of benzene rings is 1. The number of sulfonamides is 1. The maximum Gasteiger partial charge on any atom is 0.268 e. The van der Waals surface area contributed by atoms with Gasteiger partial charge in [0.05, 0.1) is 17.0 Å². The number of halogens is 1. The number of amides is 1. The van der Waals surface area contributed by atoms with Gasteiger partial charge in [-0.3, -0.25) is 9.52 Å². The Hall–Kier alpha value is -1.84. The van der Waals surface area contributed by atoms with Crippen LogP contribution in [0.25, 0.3) is 0 Å². The number of carbonyl (C=O) groups excluding carboxylic acids is 1. The molecule has 0 radical (unpaired) electrons. The number of ether oxygens (including phenoxy) is 1. The molecule has 2 aromatic rings. The third-order valence-electron chi connectivity index (χ3n) is 2.41. The molecule has 112 valence electrons. The number of hydrogen-bond acceptors (Lipinski definition) is 6. The second-order valence-corrected chi connectivity index (χ2v) is 6.75. The fraction of sp³-hybridized carbons (Fsp3) is 0.0909. The topological polar surface area (TPSA) is 111 Å². The summed E-state index contributed by atoms with van der Waals surface area (Å²) in [5, 5.41) is 1.56. The highest BCUT2D eigenvalue weighted by molar-refractivity contribution is 7.93. The van der Waals surface area contributed by atoms with E-state index < -0.39 is 15.9 Å². The Labute approximate surface area is 129 Å². The van der Waals surface area contributed by atoms with Crippen molar-refractivity contribution in [3.63, 3.8) is 0 Å². The van der Waals surface area contributed by atoms with Gasteiger partial charge in [-0.1, -0.05) is 11.6 Å². The van der Waals surface area contributed by atoms with Crippen molar-refractivity contribution in [2.45, 2.75) is 4.90 Å². The molecule has 1 amide bonds. The number of primary amides is 1. The summed E-state index contributed by atoms with van der Waals surface area (Å²) in [5.74, 6) is -0.370. The van der Waals surface area contributed by atoms with Crippen molar-refractivity contribution >= 4 is 44.0 Å². The van der Waals surface area contributed by atoms with E-state index in [0.717, 1.165) is 11.3 Å². The molecule has 0 saturated carbocycles. The van der Waals surface area contributed by atoms with E-state index in [-0.39, 0.29) is 20.7 Å². The first-order chi connectivity index (χ1) is 9.83. The number of hydrogen-bond donors (Lipinski definition) is 2. The predicted molar refractivity (Wildman–Crippen MR) is 79.4 cm³/mol. The van der Waals surface area contributed by atoms with Crippen molar-refractivity contribution in [1.29, 1.82) is 0 Å². The standard InChI is InChI=1S/C11H10ClN3O4S2/c1-19-9-3-2-6(4-7(9)12)21(17,18)15-11-14-8(5-20-11)10(13)16/h2-5H,1H3,(H2,13,16)(H,14,15). The second kappa shape index (κ2) is 5.88. The van der Waals surface area contributed by atoms with Gasteiger partial charge in [0, 0.05) is 5.38 Å². The molecule has 0 bridgehead atoms. The van der Waals surface area contributed by atoms with Gasteiger partial charge in [-0.15, -0.1) is 11.3 Å².